The lowest BCUT2D eigenvalue weighted by atomic mass is 10.0. The van der Waals surface area contributed by atoms with E-state index in [1.165, 1.54) is 70.4 Å². The fraction of sp³-hybridized carbons (Fsp3) is 0.343. The van der Waals surface area contributed by atoms with Crippen molar-refractivity contribution >= 4 is 94.9 Å². The number of aromatic hydroxyl groups is 1. The Morgan fingerprint density at radius 1 is 0.440 bits per heavy atom. The number of carboxylic acids is 1. The number of carboxylic acid groups (broad SMARTS) is 1. The van der Waals surface area contributed by atoms with Crippen molar-refractivity contribution in [1.29, 1.82) is 0 Å². The van der Waals surface area contributed by atoms with Crippen molar-refractivity contribution in [3.05, 3.63) is 157 Å². The largest absolute Gasteiger partial charge is 0.508 e. The number of likely N-dealkylation sites (N-methyl/N-ethyl adjacent to an activating group) is 3. The summed E-state index contributed by atoms with van der Waals surface area (Å²) >= 11 is 0. The quantitative estimate of drug-likeness (QED) is 0.0427. The Kier molecular flexibility index (Phi) is 22.1. The zero-order chi connectivity index (χ0) is 64.9. The van der Waals surface area contributed by atoms with E-state index >= 15 is 0 Å². The molecule has 0 unspecified atom stereocenters. The number of aromatic carboxylic acids is 1. The monoisotopic (exact) mass is 1250 g/mol. The Balaban J connectivity index is 0.000000151. The Labute approximate surface area is 522 Å². The molecular weight excluding hydrogens is 1170 g/mol. The molecule has 0 spiro atoms. The molecule has 3 aliphatic rings. The van der Waals surface area contributed by atoms with Crippen LogP contribution in [-0.2, 0) is 9.59 Å². The third kappa shape index (κ3) is 17.3. The lowest BCUT2D eigenvalue weighted by Gasteiger charge is -2.32. The minimum atomic E-state index is -1.12. The Hall–Kier alpha value is -9.40. The molecule has 9 aromatic rings. The molecule has 3 aliphatic heterocycles. The highest BCUT2D eigenvalue weighted by molar-refractivity contribution is 6.09. The molecule has 3 saturated heterocycles. The minimum Gasteiger partial charge on any atom is -0.508 e. The third-order valence-corrected chi connectivity index (χ3v) is 16.0. The number of phenolic OH excluding ortho intramolecular Hbond substituents is 1. The molecule has 6 aromatic carbocycles. The van der Waals surface area contributed by atoms with Crippen LogP contribution in [0, 0.1) is 0 Å². The fourth-order valence-corrected chi connectivity index (χ4v) is 10.9. The van der Waals surface area contributed by atoms with Gasteiger partial charge in [-0.05, 0) is 110 Å². The zero-order valence-electron chi connectivity index (χ0n) is 51.6. The lowest BCUT2D eigenvalue weighted by Crippen LogP contribution is -2.46. The average molecular weight is 1250 g/mol. The summed E-state index contributed by atoms with van der Waals surface area (Å²) in [6.45, 7) is 20.1. The molecule has 0 radical (unpaired) electrons. The predicted molar refractivity (Wildman–Crippen MR) is 347 cm³/mol. The predicted octanol–water partition coefficient (Wildman–Crippen LogP) is 5.24. The highest BCUT2D eigenvalue weighted by Crippen LogP contribution is 2.30. The number of nitrogens with two attached hydrogens (primary N) is 1. The summed E-state index contributed by atoms with van der Waals surface area (Å²) in [4.78, 5) is 109. The Morgan fingerprint density at radius 3 is 1.13 bits per heavy atom. The normalized spacial score (nSPS) is 15.3. The number of hydrogen-bond donors (Lipinski definition) is 5. The first-order valence-electron chi connectivity index (χ1n) is 30.0. The van der Waals surface area contributed by atoms with Crippen molar-refractivity contribution in [2.45, 2.75) is 13.8 Å². The van der Waals surface area contributed by atoms with Crippen LogP contribution in [0.3, 0.4) is 0 Å². The molecule has 6 N–H and O–H groups in total. The van der Waals surface area contributed by atoms with Crippen LogP contribution in [0.2, 0.25) is 0 Å². The first-order chi connectivity index (χ1) is 43.7. The molecule has 6 heterocycles. The van der Waals surface area contributed by atoms with Gasteiger partial charge in [0.1, 0.15) is 34.0 Å². The minimum absolute atomic E-state index is 0.00989. The average Bonchev–Trinajstić information content (AvgIpc) is 0.800. The number of fused-ring (bicyclic) bond motifs is 9. The molecule has 0 saturated carbocycles. The van der Waals surface area contributed by atoms with E-state index in [1.54, 1.807) is 78.9 Å². The van der Waals surface area contributed by atoms with Crippen LogP contribution >= 0.6 is 0 Å². The number of rotatable bonds is 13. The maximum Gasteiger partial charge on any atom is 0.344 e. The summed E-state index contributed by atoms with van der Waals surface area (Å²) in [7, 11) is 6.39. The van der Waals surface area contributed by atoms with Crippen molar-refractivity contribution in [1.82, 2.24) is 40.0 Å². The van der Waals surface area contributed by atoms with Crippen LogP contribution in [0.4, 0.5) is 0 Å². The van der Waals surface area contributed by atoms with Gasteiger partial charge in [0, 0.05) is 177 Å². The van der Waals surface area contributed by atoms with Gasteiger partial charge in [0.05, 0.1) is 21.7 Å². The summed E-state index contributed by atoms with van der Waals surface area (Å²) in [5, 5.41) is 29.3. The number of amides is 2. The number of esters is 2. The first kappa shape index (κ1) is 66.0. The number of nitrogens with zero attached hydrogens (tertiary/aromatic N) is 6. The molecular formula is C67H75N9O15. The summed E-state index contributed by atoms with van der Waals surface area (Å²) in [5.41, 5.74) is 5.47. The number of nitrogens with one attached hydrogen (secondary N) is 2. The van der Waals surface area contributed by atoms with Gasteiger partial charge in [-0.2, -0.15) is 0 Å². The summed E-state index contributed by atoms with van der Waals surface area (Å²) < 4.78 is 25.9. The van der Waals surface area contributed by atoms with E-state index in [0.29, 0.717) is 78.8 Å². The van der Waals surface area contributed by atoms with E-state index in [9.17, 15) is 43.5 Å². The van der Waals surface area contributed by atoms with Crippen molar-refractivity contribution in [2.24, 2.45) is 5.73 Å². The van der Waals surface area contributed by atoms with Crippen LogP contribution in [-0.4, -0.2) is 208 Å². The maximum absolute atomic E-state index is 12.6. The number of benzene rings is 6. The highest BCUT2D eigenvalue weighted by atomic mass is 16.5. The molecule has 0 atom stereocenters. The van der Waals surface area contributed by atoms with Crippen LogP contribution in [0.1, 0.15) is 44.9 Å². The van der Waals surface area contributed by atoms with Gasteiger partial charge in [0.2, 0.25) is 0 Å². The van der Waals surface area contributed by atoms with Gasteiger partial charge in [0.15, 0.2) is 0 Å². The number of carbonyl (C=O) groups is 5. The smallest absolute Gasteiger partial charge is 0.344 e. The van der Waals surface area contributed by atoms with Gasteiger partial charge in [-0.3, -0.25) is 33.9 Å². The molecule has 2 amide bonds. The number of carbonyl (C=O) groups excluding carboxylic acids is 4. The standard InChI is InChI=1S/C23H25N3O5.C21H23N3O4.C16H10O6.C7H17N3/c1-15(27)30-17-4-6-19-18-5-3-16(13-20(18)23(29)31-21(19)14-17)22(28)24-7-8-26-11-9-25(2)10-12-26;1-23-8-10-24(11-9-23)7-6-22-20(26)14-2-4-16-17-5-3-15(25)13-19(17)28-21(27)18(16)12-14;1-8(17)21-10-3-5-12-11-4-2-9(15(18)19)6-13(11)16(20)22-14(12)7-10;1-9-4-6-10(3-2-8)7-5-9/h3-6,13-14H,7-12H2,1-2H3,(H,24,28);2-5,12-13,25H,6-11H2,1H3,(H,22,26);2-7H,1H3,(H,18,19);2-8H2,1H3. The lowest BCUT2D eigenvalue weighted by molar-refractivity contribution is -0.132. The van der Waals surface area contributed by atoms with E-state index in [2.05, 4.69) is 61.2 Å². The van der Waals surface area contributed by atoms with Gasteiger partial charge in [-0.1, -0.05) is 18.2 Å². The van der Waals surface area contributed by atoms with Crippen molar-refractivity contribution in [3.8, 4) is 17.2 Å². The van der Waals surface area contributed by atoms with E-state index < -0.39 is 34.8 Å². The van der Waals surface area contributed by atoms with Crippen LogP contribution < -0.4 is 42.7 Å². The zero-order valence-corrected chi connectivity index (χ0v) is 51.6. The maximum atomic E-state index is 12.6. The number of piperazine rings is 3. The second kappa shape index (κ2) is 30.4. The van der Waals surface area contributed by atoms with Crippen molar-refractivity contribution in [2.75, 3.05) is 139 Å². The number of hydrogen-bond acceptors (Lipinski definition) is 21. The van der Waals surface area contributed by atoms with Crippen LogP contribution in [0.25, 0.3) is 65.2 Å². The molecule has 0 aliphatic carbocycles. The second-order valence-electron chi connectivity index (χ2n) is 22.7. The van der Waals surface area contributed by atoms with Gasteiger partial charge in [-0.15, -0.1) is 0 Å². The molecule has 91 heavy (non-hydrogen) atoms. The van der Waals surface area contributed by atoms with Crippen LogP contribution in [0.5, 0.6) is 17.2 Å². The topological polar surface area (TPSA) is 304 Å². The molecule has 24 nitrogen and oxygen atoms in total. The van der Waals surface area contributed by atoms with Gasteiger partial charge < -0.3 is 64.0 Å². The highest BCUT2D eigenvalue weighted by Gasteiger charge is 2.19. The first-order valence-corrected chi connectivity index (χ1v) is 30.0. The second-order valence-corrected chi connectivity index (χ2v) is 22.7. The van der Waals surface area contributed by atoms with Crippen molar-refractivity contribution in [3.63, 3.8) is 0 Å². The molecule has 478 valence electrons. The SMILES string of the molecule is CC(=O)Oc1ccc2c(c1)oc(=O)c1cc(C(=O)NCCN3CCN(C)CC3)ccc12.CC(=O)Oc1ccc2c(c1)oc(=O)c1cc(C(=O)O)ccc12.CN1CCN(CCN)CC1.CN1CCN(CCNC(=O)c2ccc3c(c2)c(=O)oc2cc(O)ccc23)CC1. The van der Waals surface area contributed by atoms with Crippen molar-refractivity contribution < 1.29 is 56.9 Å². The van der Waals surface area contributed by atoms with Gasteiger partial charge in [-0.25, -0.2) is 19.2 Å². The summed E-state index contributed by atoms with van der Waals surface area (Å²) in [5.74, 6) is -1.87. The van der Waals surface area contributed by atoms with Gasteiger partial charge in [0.25, 0.3) is 11.8 Å². The molecule has 3 aromatic heterocycles. The van der Waals surface area contributed by atoms with Gasteiger partial charge >= 0.3 is 34.8 Å². The molecule has 3 fully saturated rings. The van der Waals surface area contributed by atoms with E-state index in [4.69, 9.17) is 33.6 Å². The summed E-state index contributed by atoms with van der Waals surface area (Å²) in [6.07, 6.45) is 0. The Morgan fingerprint density at radius 2 is 0.769 bits per heavy atom. The number of phenols is 1. The number of ether oxygens (including phenoxy) is 2. The molecule has 24 heteroatoms. The molecule has 0 bridgehead atoms. The van der Waals surface area contributed by atoms with E-state index in [-0.39, 0.29) is 39.8 Å². The molecule has 12 rings (SSSR count). The summed E-state index contributed by atoms with van der Waals surface area (Å²) in [6, 6.07) is 28.5. The van der Waals surface area contributed by atoms with Crippen LogP contribution in [0.15, 0.2) is 137 Å². The van der Waals surface area contributed by atoms with E-state index in [1.807, 2.05) is 0 Å². The third-order valence-electron chi connectivity index (χ3n) is 16.0. The fourth-order valence-electron chi connectivity index (χ4n) is 10.9. The van der Waals surface area contributed by atoms with E-state index in [0.717, 1.165) is 83.9 Å². The Bertz CT molecular complexity index is 4330.